The predicted molar refractivity (Wildman–Crippen MR) is 81.0 cm³/mol. The molecule has 2 atom stereocenters. The normalized spacial score (nSPS) is 22.3. The molecule has 1 amide bonds. The Balaban J connectivity index is 2.00. The molecule has 0 spiro atoms. The average Bonchev–Trinajstić information content (AvgIpc) is 2.67. The van der Waals surface area contributed by atoms with Gasteiger partial charge in [0.1, 0.15) is 0 Å². The molecule has 0 heterocycles. The summed E-state index contributed by atoms with van der Waals surface area (Å²) in [5.74, 6) is -1.33. The van der Waals surface area contributed by atoms with Crippen molar-refractivity contribution >= 4 is 11.9 Å². The zero-order valence-corrected chi connectivity index (χ0v) is 12.5. The van der Waals surface area contributed by atoms with Crippen LogP contribution in [-0.2, 0) is 16.0 Å². The molecule has 1 aromatic rings. The maximum absolute atomic E-state index is 12.2. The number of benzene rings is 1. The SMILES string of the molecule is Cc1ccccc1CC(=O)NC1CCCCCC1C(=O)O. The number of carboxylic acids is 1. The lowest BCUT2D eigenvalue weighted by atomic mass is 9.94. The number of carbonyl (C=O) groups is 2. The fourth-order valence-electron chi connectivity index (χ4n) is 3.02. The molecule has 1 aliphatic rings. The number of aliphatic carboxylic acids is 1. The molecule has 1 saturated carbocycles. The number of carboxylic acid groups (broad SMARTS) is 1. The van der Waals surface area contributed by atoms with Crippen molar-refractivity contribution in [2.45, 2.75) is 51.5 Å². The van der Waals surface area contributed by atoms with Crippen molar-refractivity contribution in [3.8, 4) is 0 Å². The molecule has 0 radical (unpaired) electrons. The van der Waals surface area contributed by atoms with Crippen molar-refractivity contribution in [3.63, 3.8) is 0 Å². The van der Waals surface area contributed by atoms with Crippen molar-refractivity contribution in [2.75, 3.05) is 0 Å². The molecule has 0 saturated heterocycles. The van der Waals surface area contributed by atoms with Crippen LogP contribution in [0.3, 0.4) is 0 Å². The summed E-state index contributed by atoms with van der Waals surface area (Å²) in [6, 6.07) is 7.55. The first-order chi connectivity index (χ1) is 10.1. The highest BCUT2D eigenvalue weighted by atomic mass is 16.4. The first-order valence-electron chi connectivity index (χ1n) is 7.64. The minimum absolute atomic E-state index is 0.0811. The first-order valence-corrected chi connectivity index (χ1v) is 7.64. The van der Waals surface area contributed by atoms with E-state index in [9.17, 15) is 14.7 Å². The van der Waals surface area contributed by atoms with Gasteiger partial charge in [-0.2, -0.15) is 0 Å². The Hall–Kier alpha value is -1.84. The summed E-state index contributed by atoms with van der Waals surface area (Å²) in [7, 11) is 0. The van der Waals surface area contributed by atoms with E-state index >= 15 is 0 Å². The number of amides is 1. The highest BCUT2D eigenvalue weighted by Crippen LogP contribution is 2.24. The molecule has 2 unspecified atom stereocenters. The quantitative estimate of drug-likeness (QED) is 0.837. The number of carbonyl (C=O) groups excluding carboxylic acids is 1. The molecule has 114 valence electrons. The molecule has 2 rings (SSSR count). The molecule has 2 N–H and O–H groups in total. The largest absolute Gasteiger partial charge is 0.481 e. The van der Waals surface area contributed by atoms with E-state index in [1.165, 1.54) is 0 Å². The summed E-state index contributed by atoms with van der Waals surface area (Å²) in [6.45, 7) is 1.98. The van der Waals surface area contributed by atoms with Crippen LogP contribution >= 0.6 is 0 Å². The highest BCUT2D eigenvalue weighted by Gasteiger charge is 2.30. The lowest BCUT2D eigenvalue weighted by Crippen LogP contribution is -2.43. The van der Waals surface area contributed by atoms with Crippen molar-refractivity contribution in [2.24, 2.45) is 5.92 Å². The van der Waals surface area contributed by atoms with Crippen molar-refractivity contribution in [1.82, 2.24) is 5.32 Å². The first kappa shape index (κ1) is 15.5. The summed E-state index contributed by atoms with van der Waals surface area (Å²) >= 11 is 0. The van der Waals surface area contributed by atoms with Gasteiger partial charge in [-0.15, -0.1) is 0 Å². The van der Waals surface area contributed by atoms with Crippen LogP contribution in [0.15, 0.2) is 24.3 Å². The Bertz CT molecular complexity index is 513. The van der Waals surface area contributed by atoms with Gasteiger partial charge >= 0.3 is 5.97 Å². The van der Waals surface area contributed by atoms with E-state index in [2.05, 4.69) is 5.32 Å². The van der Waals surface area contributed by atoms with Gasteiger partial charge in [-0.25, -0.2) is 0 Å². The van der Waals surface area contributed by atoms with Gasteiger partial charge in [-0.1, -0.05) is 43.5 Å². The molecule has 1 aliphatic carbocycles. The second kappa shape index (κ2) is 7.25. The van der Waals surface area contributed by atoms with E-state index in [-0.39, 0.29) is 11.9 Å². The second-order valence-corrected chi connectivity index (χ2v) is 5.86. The van der Waals surface area contributed by atoms with E-state index in [1.807, 2.05) is 31.2 Å². The molecular weight excluding hydrogens is 266 g/mol. The second-order valence-electron chi connectivity index (χ2n) is 5.86. The average molecular weight is 289 g/mol. The maximum atomic E-state index is 12.2. The molecule has 0 bridgehead atoms. The van der Waals surface area contributed by atoms with E-state index in [1.54, 1.807) is 0 Å². The molecule has 4 nitrogen and oxygen atoms in total. The predicted octanol–water partition coefficient (Wildman–Crippen LogP) is 2.69. The molecule has 1 aromatic carbocycles. The van der Waals surface area contributed by atoms with Crippen LogP contribution in [0, 0.1) is 12.8 Å². The zero-order valence-electron chi connectivity index (χ0n) is 12.5. The summed E-state index contributed by atoms with van der Waals surface area (Å²) in [6.07, 6.45) is 4.70. The number of nitrogens with one attached hydrogen (secondary N) is 1. The van der Waals surface area contributed by atoms with Gasteiger partial charge in [0.25, 0.3) is 0 Å². The Morgan fingerprint density at radius 2 is 1.90 bits per heavy atom. The minimum Gasteiger partial charge on any atom is -0.481 e. The van der Waals surface area contributed by atoms with Crippen molar-refractivity contribution in [3.05, 3.63) is 35.4 Å². The number of hydrogen-bond acceptors (Lipinski definition) is 2. The lowest BCUT2D eigenvalue weighted by molar-refractivity contribution is -0.143. The van der Waals surface area contributed by atoms with E-state index in [4.69, 9.17) is 0 Å². The number of aryl methyl sites for hydroxylation is 1. The summed E-state index contributed by atoms with van der Waals surface area (Å²) in [5, 5.41) is 12.3. The number of rotatable bonds is 4. The van der Waals surface area contributed by atoms with E-state index in [0.717, 1.165) is 36.8 Å². The van der Waals surface area contributed by atoms with Gasteiger partial charge in [0, 0.05) is 6.04 Å². The molecule has 0 aliphatic heterocycles. The standard InChI is InChI=1S/C17H23NO3/c1-12-7-5-6-8-13(12)11-16(19)18-15-10-4-2-3-9-14(15)17(20)21/h5-8,14-15H,2-4,9-11H2,1H3,(H,18,19)(H,20,21). The summed E-state index contributed by atoms with van der Waals surface area (Å²) in [4.78, 5) is 23.6. The summed E-state index contributed by atoms with van der Waals surface area (Å²) in [5.41, 5.74) is 2.08. The summed E-state index contributed by atoms with van der Waals surface area (Å²) < 4.78 is 0. The van der Waals surface area contributed by atoms with Crippen LogP contribution in [0.25, 0.3) is 0 Å². The van der Waals surface area contributed by atoms with E-state index < -0.39 is 11.9 Å². The van der Waals surface area contributed by atoms with Gasteiger partial charge in [0.15, 0.2) is 0 Å². The fourth-order valence-corrected chi connectivity index (χ4v) is 3.02. The molecule has 4 heteroatoms. The Labute approximate surface area is 125 Å². The molecular formula is C17H23NO3. The van der Waals surface area contributed by atoms with Crippen LogP contribution in [0.5, 0.6) is 0 Å². The van der Waals surface area contributed by atoms with Crippen LogP contribution < -0.4 is 5.32 Å². The van der Waals surface area contributed by atoms with Crippen LogP contribution in [0.2, 0.25) is 0 Å². The van der Waals surface area contributed by atoms with Gasteiger partial charge < -0.3 is 10.4 Å². The van der Waals surface area contributed by atoms with Crippen LogP contribution in [-0.4, -0.2) is 23.0 Å². The zero-order chi connectivity index (χ0) is 15.2. The third-order valence-electron chi connectivity index (χ3n) is 4.29. The molecule has 21 heavy (non-hydrogen) atoms. The molecule has 0 aromatic heterocycles. The topological polar surface area (TPSA) is 66.4 Å². The van der Waals surface area contributed by atoms with Crippen LogP contribution in [0.4, 0.5) is 0 Å². The maximum Gasteiger partial charge on any atom is 0.308 e. The minimum atomic E-state index is -0.793. The third-order valence-corrected chi connectivity index (χ3v) is 4.29. The Kier molecular flexibility index (Phi) is 5.37. The van der Waals surface area contributed by atoms with Gasteiger partial charge in [-0.05, 0) is 30.9 Å². The molecule has 1 fully saturated rings. The smallest absolute Gasteiger partial charge is 0.308 e. The Morgan fingerprint density at radius 3 is 2.62 bits per heavy atom. The van der Waals surface area contributed by atoms with Gasteiger partial charge in [-0.3, -0.25) is 9.59 Å². The monoisotopic (exact) mass is 289 g/mol. The highest BCUT2D eigenvalue weighted by molar-refractivity contribution is 5.80. The Morgan fingerprint density at radius 1 is 1.19 bits per heavy atom. The van der Waals surface area contributed by atoms with Crippen molar-refractivity contribution in [1.29, 1.82) is 0 Å². The number of hydrogen-bond donors (Lipinski definition) is 2. The van der Waals surface area contributed by atoms with Gasteiger partial charge in [0.2, 0.25) is 5.91 Å². The van der Waals surface area contributed by atoms with Crippen LogP contribution in [0.1, 0.15) is 43.2 Å². The fraction of sp³-hybridized carbons (Fsp3) is 0.529. The lowest BCUT2D eigenvalue weighted by Gasteiger charge is -2.23. The van der Waals surface area contributed by atoms with Gasteiger partial charge in [0.05, 0.1) is 12.3 Å². The van der Waals surface area contributed by atoms with Crippen molar-refractivity contribution < 1.29 is 14.7 Å². The van der Waals surface area contributed by atoms with E-state index in [0.29, 0.717) is 12.8 Å². The third kappa shape index (κ3) is 4.31.